The van der Waals surface area contributed by atoms with Crippen molar-refractivity contribution in [3.05, 3.63) is 24.0 Å². The van der Waals surface area contributed by atoms with Gasteiger partial charge in [0.15, 0.2) is 0 Å². The Hall–Kier alpha value is -1.56. The normalized spacial score (nSPS) is 9.90. The zero-order chi connectivity index (χ0) is 7.23. The quantitative estimate of drug-likeness (QED) is 0.474. The van der Waals surface area contributed by atoms with Gasteiger partial charge in [0.05, 0.1) is 11.8 Å². The Balaban J connectivity index is 2.49. The second-order valence-electron chi connectivity index (χ2n) is 1.75. The summed E-state index contributed by atoms with van der Waals surface area (Å²) in [6.45, 7) is 0.221. The number of aliphatic imine (C=N–C) groups is 1. The van der Waals surface area contributed by atoms with Gasteiger partial charge in [-0.05, 0) is 12.1 Å². The molecule has 0 saturated carbocycles. The molecule has 0 atom stereocenters. The van der Waals surface area contributed by atoms with E-state index in [9.17, 15) is 0 Å². The molecular formula is C7H7N3. The maximum atomic E-state index is 8.12. The minimum absolute atomic E-state index is 0.221. The van der Waals surface area contributed by atoms with Crippen molar-refractivity contribution in [3.63, 3.8) is 0 Å². The Morgan fingerprint density at radius 3 is 3.30 bits per heavy atom. The zero-order valence-corrected chi connectivity index (χ0v) is 5.41. The average molecular weight is 133 g/mol. The molecule has 0 fully saturated rings. The Labute approximate surface area is 59.0 Å². The van der Waals surface area contributed by atoms with Gasteiger partial charge in [-0.2, -0.15) is 5.26 Å². The Morgan fingerprint density at radius 1 is 1.80 bits per heavy atom. The zero-order valence-electron chi connectivity index (χ0n) is 5.41. The largest absolute Gasteiger partial charge is 0.360 e. The van der Waals surface area contributed by atoms with Crippen molar-refractivity contribution >= 4 is 6.21 Å². The van der Waals surface area contributed by atoms with Crippen LogP contribution in [0, 0.1) is 11.3 Å². The van der Waals surface area contributed by atoms with Gasteiger partial charge in [0.25, 0.3) is 0 Å². The molecular weight excluding hydrogens is 126 g/mol. The highest BCUT2D eigenvalue weighted by atomic mass is 14.7. The van der Waals surface area contributed by atoms with Gasteiger partial charge in [-0.1, -0.05) is 0 Å². The first-order valence-electron chi connectivity index (χ1n) is 2.93. The van der Waals surface area contributed by atoms with E-state index in [-0.39, 0.29) is 6.54 Å². The third-order valence-corrected chi connectivity index (χ3v) is 1.01. The first kappa shape index (κ1) is 6.56. The summed E-state index contributed by atoms with van der Waals surface area (Å²) < 4.78 is 0. The Kier molecular flexibility index (Phi) is 2.27. The van der Waals surface area contributed by atoms with Crippen LogP contribution in [-0.4, -0.2) is 17.7 Å². The lowest BCUT2D eigenvalue weighted by Crippen LogP contribution is -1.80. The lowest BCUT2D eigenvalue weighted by atomic mass is 10.5. The monoisotopic (exact) mass is 133 g/mol. The molecule has 0 aliphatic heterocycles. The van der Waals surface area contributed by atoms with Gasteiger partial charge in [-0.15, -0.1) is 0 Å². The van der Waals surface area contributed by atoms with Crippen LogP contribution in [0.4, 0.5) is 0 Å². The van der Waals surface area contributed by atoms with E-state index in [0.29, 0.717) is 0 Å². The highest BCUT2D eigenvalue weighted by molar-refractivity contribution is 5.76. The van der Waals surface area contributed by atoms with Crippen LogP contribution in [-0.2, 0) is 0 Å². The van der Waals surface area contributed by atoms with E-state index >= 15 is 0 Å². The Morgan fingerprint density at radius 2 is 2.70 bits per heavy atom. The van der Waals surface area contributed by atoms with E-state index in [1.807, 2.05) is 24.4 Å². The molecule has 0 aliphatic carbocycles. The van der Waals surface area contributed by atoms with Gasteiger partial charge in [-0.3, -0.25) is 4.99 Å². The first-order valence-corrected chi connectivity index (χ1v) is 2.93. The average Bonchev–Trinajstić information content (AvgIpc) is 2.41. The number of nitrogens with one attached hydrogen (secondary N) is 1. The van der Waals surface area contributed by atoms with Crippen molar-refractivity contribution in [1.29, 1.82) is 5.26 Å². The standard InChI is InChI=1S/C7H7N3/c8-3-5-9-6-7-2-1-4-10-7/h1-2,4,6,10H,5H2. The summed E-state index contributed by atoms with van der Waals surface area (Å²) in [6.07, 6.45) is 3.46. The third kappa shape index (κ3) is 1.75. The van der Waals surface area contributed by atoms with E-state index < -0.39 is 0 Å². The highest BCUT2D eigenvalue weighted by Crippen LogP contribution is 1.88. The van der Waals surface area contributed by atoms with Gasteiger partial charge >= 0.3 is 0 Å². The SMILES string of the molecule is N#CCN=Cc1ccc[nH]1. The maximum Gasteiger partial charge on any atom is 0.126 e. The maximum absolute atomic E-state index is 8.12. The number of H-pyrrole nitrogens is 1. The van der Waals surface area contributed by atoms with Gasteiger partial charge < -0.3 is 4.98 Å². The van der Waals surface area contributed by atoms with Crippen LogP contribution in [0.15, 0.2) is 23.3 Å². The molecule has 0 amide bonds. The summed E-state index contributed by atoms with van der Waals surface area (Å²) in [5, 5.41) is 8.12. The van der Waals surface area contributed by atoms with Crippen molar-refractivity contribution in [1.82, 2.24) is 4.98 Å². The van der Waals surface area contributed by atoms with Crippen LogP contribution < -0.4 is 0 Å². The molecule has 0 radical (unpaired) electrons. The topological polar surface area (TPSA) is 51.9 Å². The summed E-state index contributed by atoms with van der Waals surface area (Å²) in [7, 11) is 0. The van der Waals surface area contributed by atoms with E-state index in [4.69, 9.17) is 5.26 Å². The molecule has 0 bridgehead atoms. The molecule has 1 rings (SSSR count). The van der Waals surface area contributed by atoms with Crippen LogP contribution in [0.5, 0.6) is 0 Å². The number of aromatic nitrogens is 1. The van der Waals surface area contributed by atoms with Gasteiger partial charge in [0, 0.05) is 12.4 Å². The second-order valence-corrected chi connectivity index (χ2v) is 1.75. The highest BCUT2D eigenvalue weighted by Gasteiger charge is 1.82. The lowest BCUT2D eigenvalue weighted by molar-refractivity contribution is 1.24. The predicted octanol–water partition coefficient (Wildman–Crippen LogP) is 0.957. The fourth-order valence-corrected chi connectivity index (χ4v) is 0.609. The minimum Gasteiger partial charge on any atom is -0.360 e. The lowest BCUT2D eigenvalue weighted by Gasteiger charge is -1.80. The van der Waals surface area contributed by atoms with Gasteiger partial charge in [0.1, 0.15) is 6.54 Å². The number of rotatable bonds is 2. The van der Waals surface area contributed by atoms with Crippen molar-refractivity contribution in [2.75, 3.05) is 6.54 Å². The Bertz CT molecular complexity index is 240. The molecule has 3 nitrogen and oxygen atoms in total. The molecule has 0 unspecified atom stereocenters. The summed E-state index contributed by atoms with van der Waals surface area (Å²) in [4.78, 5) is 6.75. The molecule has 1 heterocycles. The molecule has 1 N–H and O–H groups in total. The van der Waals surface area contributed by atoms with Crippen molar-refractivity contribution in [2.24, 2.45) is 4.99 Å². The molecule has 10 heavy (non-hydrogen) atoms. The number of aromatic amines is 1. The summed E-state index contributed by atoms with van der Waals surface area (Å²) in [6, 6.07) is 5.69. The fourth-order valence-electron chi connectivity index (χ4n) is 0.609. The molecule has 1 aromatic heterocycles. The van der Waals surface area contributed by atoms with E-state index in [1.54, 1.807) is 6.21 Å². The summed E-state index contributed by atoms with van der Waals surface area (Å²) in [5.41, 5.74) is 0.926. The number of nitriles is 1. The van der Waals surface area contributed by atoms with Crippen molar-refractivity contribution in [2.45, 2.75) is 0 Å². The van der Waals surface area contributed by atoms with Gasteiger partial charge in [-0.25, -0.2) is 0 Å². The number of hydrogen-bond donors (Lipinski definition) is 1. The molecule has 0 aromatic carbocycles. The smallest absolute Gasteiger partial charge is 0.126 e. The first-order chi connectivity index (χ1) is 4.93. The van der Waals surface area contributed by atoms with Crippen LogP contribution in [0.3, 0.4) is 0 Å². The van der Waals surface area contributed by atoms with Crippen LogP contribution >= 0.6 is 0 Å². The summed E-state index contributed by atoms with van der Waals surface area (Å²) in [5.74, 6) is 0. The fraction of sp³-hybridized carbons (Fsp3) is 0.143. The molecule has 50 valence electrons. The second kappa shape index (κ2) is 3.46. The van der Waals surface area contributed by atoms with Crippen molar-refractivity contribution < 1.29 is 0 Å². The molecule has 0 saturated heterocycles. The number of hydrogen-bond acceptors (Lipinski definition) is 2. The molecule has 0 spiro atoms. The molecule has 1 aromatic rings. The minimum atomic E-state index is 0.221. The van der Waals surface area contributed by atoms with E-state index in [2.05, 4.69) is 9.98 Å². The van der Waals surface area contributed by atoms with Crippen LogP contribution in [0.1, 0.15) is 5.69 Å². The molecule has 0 aliphatic rings. The molecule has 3 heteroatoms. The van der Waals surface area contributed by atoms with Gasteiger partial charge in [0.2, 0.25) is 0 Å². The van der Waals surface area contributed by atoms with E-state index in [0.717, 1.165) is 5.69 Å². The summed E-state index contributed by atoms with van der Waals surface area (Å²) >= 11 is 0. The number of nitrogens with zero attached hydrogens (tertiary/aromatic N) is 2. The van der Waals surface area contributed by atoms with Crippen LogP contribution in [0.25, 0.3) is 0 Å². The van der Waals surface area contributed by atoms with E-state index in [1.165, 1.54) is 0 Å². The third-order valence-electron chi connectivity index (χ3n) is 1.01. The van der Waals surface area contributed by atoms with Crippen LogP contribution in [0.2, 0.25) is 0 Å². The van der Waals surface area contributed by atoms with Crippen molar-refractivity contribution in [3.8, 4) is 6.07 Å². The predicted molar refractivity (Wildman–Crippen MR) is 38.9 cm³/mol.